The topological polar surface area (TPSA) is 88.2 Å². The molecule has 0 amide bonds. The predicted molar refractivity (Wildman–Crippen MR) is 73.5 cm³/mol. The molecule has 106 valence electrons. The zero-order chi connectivity index (χ0) is 14.5. The summed E-state index contributed by atoms with van der Waals surface area (Å²) in [5.74, 6) is 0.502. The molecule has 1 aliphatic rings. The van der Waals surface area contributed by atoms with Crippen LogP contribution in [0.25, 0.3) is 0 Å². The maximum Gasteiger partial charge on any atom is 0.276 e. The average Bonchev–Trinajstić information content (AvgIpc) is 3.23. The van der Waals surface area contributed by atoms with Crippen LogP contribution in [0.5, 0.6) is 5.75 Å². The van der Waals surface area contributed by atoms with Gasteiger partial charge in [0.15, 0.2) is 0 Å². The lowest BCUT2D eigenvalue weighted by Gasteiger charge is -2.12. The normalized spacial score (nSPS) is 15.4. The first-order valence-corrected chi connectivity index (χ1v) is 6.64. The van der Waals surface area contributed by atoms with Gasteiger partial charge >= 0.3 is 0 Å². The van der Waals surface area contributed by atoms with Crippen LogP contribution in [0.15, 0.2) is 18.2 Å². The predicted octanol–water partition coefficient (Wildman–Crippen LogP) is 2.32. The Morgan fingerprint density at radius 2 is 2.35 bits per heavy atom. The fourth-order valence-electron chi connectivity index (χ4n) is 1.96. The number of benzene rings is 1. The minimum Gasteiger partial charge on any atom is -0.493 e. The van der Waals surface area contributed by atoms with Crippen LogP contribution >= 0.6 is 0 Å². The summed E-state index contributed by atoms with van der Waals surface area (Å²) < 4.78 is 5.57. The molecular formula is C14H17N3O3. The third-order valence-electron chi connectivity index (χ3n) is 3.29. The van der Waals surface area contributed by atoms with Gasteiger partial charge in [0.1, 0.15) is 5.75 Å². The number of rotatable bonds is 7. The van der Waals surface area contributed by atoms with Gasteiger partial charge in [0.2, 0.25) is 0 Å². The molecule has 6 heteroatoms. The minimum absolute atomic E-state index is 0.0513. The molecule has 0 saturated heterocycles. The van der Waals surface area contributed by atoms with Crippen molar-refractivity contribution in [2.24, 2.45) is 0 Å². The third kappa shape index (κ3) is 3.68. The number of nitro benzene ring substituents is 1. The standard InChI is InChI=1S/C14H17N3O3/c1-10-13(17(18)19)3-2-4-14(10)20-8-7-12(9-15)16-11-5-6-11/h2-4,11-12,16H,5-8H2,1H3. The van der Waals surface area contributed by atoms with Crippen molar-refractivity contribution in [2.45, 2.75) is 38.3 Å². The van der Waals surface area contributed by atoms with Gasteiger partial charge in [-0.2, -0.15) is 5.26 Å². The summed E-state index contributed by atoms with van der Waals surface area (Å²) in [4.78, 5) is 10.4. The van der Waals surface area contributed by atoms with Gasteiger partial charge in [0.25, 0.3) is 5.69 Å². The van der Waals surface area contributed by atoms with E-state index < -0.39 is 4.92 Å². The second kappa shape index (κ2) is 6.35. The summed E-state index contributed by atoms with van der Waals surface area (Å²) in [6, 6.07) is 7.22. The Kier molecular flexibility index (Phi) is 4.53. The van der Waals surface area contributed by atoms with Crippen molar-refractivity contribution in [1.29, 1.82) is 5.26 Å². The van der Waals surface area contributed by atoms with Crippen LogP contribution in [-0.4, -0.2) is 23.6 Å². The third-order valence-corrected chi connectivity index (χ3v) is 3.29. The Labute approximate surface area is 117 Å². The van der Waals surface area contributed by atoms with E-state index >= 15 is 0 Å². The van der Waals surface area contributed by atoms with E-state index in [-0.39, 0.29) is 11.7 Å². The molecule has 2 rings (SSSR count). The Balaban J connectivity index is 1.88. The highest BCUT2D eigenvalue weighted by Gasteiger charge is 2.24. The van der Waals surface area contributed by atoms with Crippen LogP contribution in [0.1, 0.15) is 24.8 Å². The van der Waals surface area contributed by atoms with E-state index in [9.17, 15) is 10.1 Å². The molecule has 1 fully saturated rings. The maximum absolute atomic E-state index is 10.8. The first kappa shape index (κ1) is 14.3. The van der Waals surface area contributed by atoms with Crippen molar-refractivity contribution in [3.05, 3.63) is 33.9 Å². The zero-order valence-corrected chi connectivity index (χ0v) is 11.3. The minimum atomic E-state index is -0.422. The van der Waals surface area contributed by atoms with Crippen molar-refractivity contribution in [1.82, 2.24) is 5.32 Å². The first-order valence-electron chi connectivity index (χ1n) is 6.64. The molecule has 1 aromatic rings. The Morgan fingerprint density at radius 3 is 2.95 bits per heavy atom. The van der Waals surface area contributed by atoms with Gasteiger partial charge in [-0.25, -0.2) is 0 Å². The van der Waals surface area contributed by atoms with Crippen LogP contribution in [0, 0.1) is 28.4 Å². The first-order chi connectivity index (χ1) is 9.61. The van der Waals surface area contributed by atoms with Gasteiger partial charge in [0, 0.05) is 18.5 Å². The number of ether oxygens (including phenoxy) is 1. The summed E-state index contributed by atoms with van der Waals surface area (Å²) in [7, 11) is 0. The van der Waals surface area contributed by atoms with Crippen LogP contribution in [-0.2, 0) is 0 Å². The number of hydrogen-bond donors (Lipinski definition) is 1. The van der Waals surface area contributed by atoms with Crippen molar-refractivity contribution < 1.29 is 9.66 Å². The van der Waals surface area contributed by atoms with Gasteiger partial charge in [-0.05, 0) is 25.8 Å². The highest BCUT2D eigenvalue weighted by Crippen LogP contribution is 2.27. The molecule has 6 nitrogen and oxygen atoms in total. The maximum atomic E-state index is 10.8. The van der Waals surface area contributed by atoms with Crippen molar-refractivity contribution in [2.75, 3.05) is 6.61 Å². The fraction of sp³-hybridized carbons (Fsp3) is 0.500. The summed E-state index contributed by atoms with van der Waals surface area (Å²) in [6.07, 6.45) is 2.82. The lowest BCUT2D eigenvalue weighted by atomic mass is 10.2. The highest BCUT2D eigenvalue weighted by molar-refractivity contribution is 5.48. The molecule has 20 heavy (non-hydrogen) atoms. The molecule has 0 aliphatic heterocycles. The molecule has 1 saturated carbocycles. The van der Waals surface area contributed by atoms with Crippen LogP contribution in [0.2, 0.25) is 0 Å². The fourth-order valence-corrected chi connectivity index (χ4v) is 1.96. The van der Waals surface area contributed by atoms with Gasteiger partial charge in [-0.1, -0.05) is 6.07 Å². The largest absolute Gasteiger partial charge is 0.493 e. The molecule has 1 unspecified atom stereocenters. The lowest BCUT2D eigenvalue weighted by molar-refractivity contribution is -0.385. The van der Waals surface area contributed by atoms with Crippen LogP contribution in [0.4, 0.5) is 5.69 Å². The Bertz CT molecular complexity index is 535. The molecule has 1 atom stereocenters. The molecule has 0 radical (unpaired) electrons. The Hall–Kier alpha value is -2.13. The van der Waals surface area contributed by atoms with Crippen LogP contribution in [0.3, 0.4) is 0 Å². The second-order valence-electron chi connectivity index (χ2n) is 4.92. The molecule has 0 aromatic heterocycles. The van der Waals surface area contributed by atoms with Crippen molar-refractivity contribution in [3.8, 4) is 11.8 Å². The Morgan fingerprint density at radius 1 is 1.60 bits per heavy atom. The molecule has 1 aromatic carbocycles. The summed E-state index contributed by atoms with van der Waals surface area (Å²) in [5, 5.41) is 23.1. The quantitative estimate of drug-likeness (QED) is 0.609. The van der Waals surface area contributed by atoms with Gasteiger partial charge in [0.05, 0.1) is 29.2 Å². The molecule has 0 heterocycles. The van der Waals surface area contributed by atoms with E-state index in [1.165, 1.54) is 6.07 Å². The molecule has 1 aliphatic carbocycles. The van der Waals surface area contributed by atoms with Crippen molar-refractivity contribution >= 4 is 5.69 Å². The van der Waals surface area contributed by atoms with E-state index in [0.717, 1.165) is 12.8 Å². The summed E-state index contributed by atoms with van der Waals surface area (Å²) >= 11 is 0. The molecule has 1 N–H and O–H groups in total. The average molecular weight is 275 g/mol. The highest BCUT2D eigenvalue weighted by atomic mass is 16.6. The number of nitriles is 1. The van der Waals surface area contributed by atoms with E-state index in [1.807, 2.05) is 0 Å². The summed E-state index contributed by atoms with van der Waals surface area (Å²) in [6.45, 7) is 2.03. The van der Waals surface area contributed by atoms with Crippen LogP contribution < -0.4 is 10.1 Å². The van der Waals surface area contributed by atoms with E-state index in [0.29, 0.717) is 30.4 Å². The van der Waals surface area contributed by atoms with E-state index in [2.05, 4.69) is 11.4 Å². The van der Waals surface area contributed by atoms with Gasteiger partial charge in [-0.15, -0.1) is 0 Å². The SMILES string of the molecule is Cc1c(OCCC(C#N)NC2CC2)cccc1[N+](=O)[O-]. The molecule has 0 bridgehead atoms. The number of nitro groups is 1. The molecule has 0 spiro atoms. The van der Waals surface area contributed by atoms with Gasteiger partial charge < -0.3 is 4.74 Å². The second-order valence-corrected chi connectivity index (χ2v) is 4.92. The zero-order valence-electron chi connectivity index (χ0n) is 11.3. The smallest absolute Gasteiger partial charge is 0.276 e. The molecular weight excluding hydrogens is 258 g/mol. The number of nitrogens with zero attached hydrogens (tertiary/aromatic N) is 2. The summed E-state index contributed by atoms with van der Waals surface area (Å²) in [5.41, 5.74) is 0.566. The van der Waals surface area contributed by atoms with Gasteiger partial charge in [-0.3, -0.25) is 15.4 Å². The van der Waals surface area contributed by atoms with Crippen molar-refractivity contribution in [3.63, 3.8) is 0 Å². The monoisotopic (exact) mass is 275 g/mol. The number of hydrogen-bond acceptors (Lipinski definition) is 5. The lowest BCUT2D eigenvalue weighted by Crippen LogP contribution is -2.31. The van der Waals surface area contributed by atoms with E-state index in [4.69, 9.17) is 10.00 Å². The number of nitrogens with one attached hydrogen (secondary N) is 1. The van der Waals surface area contributed by atoms with E-state index in [1.54, 1.807) is 19.1 Å².